The topological polar surface area (TPSA) is 41.5 Å². The molecule has 0 aliphatic rings. The van der Waals surface area contributed by atoms with Gasteiger partial charge in [0.2, 0.25) is 0 Å². The number of hydrogen-bond acceptors (Lipinski definition) is 2. The first-order valence-corrected chi connectivity index (χ1v) is 6.81. The Balaban J connectivity index is 1.78. The maximum absolute atomic E-state index is 13.1. The van der Waals surface area contributed by atoms with Gasteiger partial charge in [-0.3, -0.25) is 4.79 Å². The lowest BCUT2D eigenvalue weighted by Crippen LogP contribution is -2.17. The number of rotatable bonds is 3. The molecule has 0 saturated heterocycles. The molecule has 3 aromatic carbocycles. The minimum absolute atomic E-state index is 0.232. The van der Waals surface area contributed by atoms with Gasteiger partial charge in [-0.1, -0.05) is 48.5 Å². The Morgan fingerprint density at radius 3 is 2.64 bits per heavy atom. The number of halogens is 1. The number of carbonyl (C=O) groups excluding carboxylic acids is 1. The molecule has 3 nitrogen and oxygen atoms in total. The highest BCUT2D eigenvalue weighted by atomic mass is 19.1. The van der Waals surface area contributed by atoms with Crippen molar-refractivity contribution in [2.45, 2.75) is 0 Å². The van der Waals surface area contributed by atoms with E-state index >= 15 is 0 Å². The van der Waals surface area contributed by atoms with E-state index in [9.17, 15) is 9.18 Å². The summed E-state index contributed by atoms with van der Waals surface area (Å²) in [6, 6.07) is 19.3. The fourth-order valence-corrected chi connectivity index (χ4v) is 2.22. The SMILES string of the molecule is O=C(NN=Cc1cccc2ccccc12)c1cccc(F)c1. The van der Waals surface area contributed by atoms with E-state index in [0.29, 0.717) is 0 Å². The average molecular weight is 292 g/mol. The van der Waals surface area contributed by atoms with Crippen LogP contribution in [0.15, 0.2) is 71.8 Å². The maximum Gasteiger partial charge on any atom is 0.271 e. The monoisotopic (exact) mass is 292 g/mol. The molecule has 0 fully saturated rings. The minimum atomic E-state index is -0.453. The van der Waals surface area contributed by atoms with E-state index in [-0.39, 0.29) is 5.56 Å². The van der Waals surface area contributed by atoms with Crippen molar-refractivity contribution in [2.75, 3.05) is 0 Å². The molecular weight excluding hydrogens is 279 g/mol. The van der Waals surface area contributed by atoms with Crippen LogP contribution in [0.4, 0.5) is 4.39 Å². The second-order valence-corrected chi connectivity index (χ2v) is 4.78. The molecule has 0 unspecified atom stereocenters. The number of carbonyl (C=O) groups is 1. The Morgan fingerprint density at radius 1 is 1.00 bits per heavy atom. The van der Waals surface area contributed by atoms with Gasteiger partial charge in [0, 0.05) is 11.1 Å². The molecule has 3 aromatic rings. The van der Waals surface area contributed by atoms with Crippen LogP contribution in [-0.2, 0) is 0 Å². The smallest absolute Gasteiger partial charge is 0.267 e. The van der Waals surface area contributed by atoms with Gasteiger partial charge in [-0.2, -0.15) is 5.10 Å². The predicted octanol–water partition coefficient (Wildman–Crippen LogP) is 3.74. The lowest BCUT2D eigenvalue weighted by Gasteiger charge is -2.02. The fraction of sp³-hybridized carbons (Fsp3) is 0. The molecule has 0 saturated carbocycles. The van der Waals surface area contributed by atoms with Gasteiger partial charge in [0.25, 0.3) is 5.91 Å². The summed E-state index contributed by atoms with van der Waals surface area (Å²) in [5.74, 6) is -0.901. The second-order valence-electron chi connectivity index (χ2n) is 4.78. The Morgan fingerprint density at radius 2 is 1.77 bits per heavy atom. The summed E-state index contributed by atoms with van der Waals surface area (Å²) in [6.07, 6.45) is 1.58. The van der Waals surface area contributed by atoms with Crippen LogP contribution in [0.3, 0.4) is 0 Å². The van der Waals surface area contributed by atoms with E-state index in [1.54, 1.807) is 6.21 Å². The summed E-state index contributed by atoms with van der Waals surface area (Å²) >= 11 is 0. The van der Waals surface area contributed by atoms with Crippen molar-refractivity contribution in [3.05, 3.63) is 83.7 Å². The van der Waals surface area contributed by atoms with Crippen molar-refractivity contribution in [1.82, 2.24) is 5.43 Å². The number of nitrogens with one attached hydrogen (secondary N) is 1. The highest BCUT2D eigenvalue weighted by Gasteiger charge is 2.04. The van der Waals surface area contributed by atoms with E-state index in [2.05, 4.69) is 10.5 Å². The average Bonchev–Trinajstić information content (AvgIpc) is 2.55. The van der Waals surface area contributed by atoms with Crippen molar-refractivity contribution in [3.63, 3.8) is 0 Å². The molecule has 0 atom stereocenters. The van der Waals surface area contributed by atoms with E-state index in [1.807, 2.05) is 42.5 Å². The van der Waals surface area contributed by atoms with Crippen molar-refractivity contribution in [3.8, 4) is 0 Å². The van der Waals surface area contributed by atoms with Crippen LogP contribution < -0.4 is 5.43 Å². The van der Waals surface area contributed by atoms with Gasteiger partial charge in [0.1, 0.15) is 5.82 Å². The van der Waals surface area contributed by atoms with Gasteiger partial charge >= 0.3 is 0 Å². The summed E-state index contributed by atoms with van der Waals surface area (Å²) < 4.78 is 13.1. The van der Waals surface area contributed by atoms with E-state index < -0.39 is 11.7 Å². The van der Waals surface area contributed by atoms with Gasteiger partial charge in [-0.25, -0.2) is 9.82 Å². The number of nitrogens with zero attached hydrogens (tertiary/aromatic N) is 1. The zero-order valence-electron chi connectivity index (χ0n) is 11.7. The molecule has 22 heavy (non-hydrogen) atoms. The third-order valence-corrected chi connectivity index (χ3v) is 3.28. The first-order valence-electron chi connectivity index (χ1n) is 6.81. The van der Waals surface area contributed by atoms with E-state index in [0.717, 1.165) is 16.3 Å². The largest absolute Gasteiger partial charge is 0.271 e. The number of hydrogen-bond donors (Lipinski definition) is 1. The molecule has 0 bridgehead atoms. The highest BCUT2D eigenvalue weighted by molar-refractivity contribution is 6.00. The van der Waals surface area contributed by atoms with Gasteiger partial charge in [0.05, 0.1) is 6.21 Å². The van der Waals surface area contributed by atoms with Crippen molar-refractivity contribution in [1.29, 1.82) is 0 Å². The fourth-order valence-electron chi connectivity index (χ4n) is 2.22. The summed E-state index contributed by atoms with van der Waals surface area (Å²) in [5, 5.41) is 6.10. The van der Waals surface area contributed by atoms with E-state index in [1.165, 1.54) is 24.3 Å². The molecule has 1 amide bonds. The standard InChI is InChI=1S/C18H13FN2O/c19-16-9-4-7-14(11-16)18(22)21-20-12-15-8-3-6-13-5-1-2-10-17(13)15/h1-12H,(H,21,22). The zero-order chi connectivity index (χ0) is 15.4. The van der Waals surface area contributed by atoms with Crippen molar-refractivity contribution in [2.24, 2.45) is 5.10 Å². The Bertz CT molecular complexity index is 853. The van der Waals surface area contributed by atoms with Crippen LogP contribution in [0.5, 0.6) is 0 Å². The summed E-state index contributed by atoms with van der Waals surface area (Å²) in [7, 11) is 0. The molecule has 0 aromatic heterocycles. The van der Waals surface area contributed by atoms with E-state index in [4.69, 9.17) is 0 Å². The predicted molar refractivity (Wildman–Crippen MR) is 85.4 cm³/mol. The molecule has 0 heterocycles. The lowest BCUT2D eigenvalue weighted by atomic mass is 10.1. The first-order chi connectivity index (χ1) is 10.7. The Kier molecular flexibility index (Phi) is 3.92. The molecule has 4 heteroatoms. The quantitative estimate of drug-likeness (QED) is 0.580. The number of fused-ring (bicyclic) bond motifs is 1. The van der Waals surface area contributed by atoms with Crippen LogP contribution in [0.1, 0.15) is 15.9 Å². The van der Waals surface area contributed by atoms with Gasteiger partial charge in [0.15, 0.2) is 0 Å². The summed E-state index contributed by atoms with van der Waals surface area (Å²) in [4.78, 5) is 11.9. The third kappa shape index (κ3) is 3.01. The van der Waals surface area contributed by atoms with Crippen LogP contribution >= 0.6 is 0 Å². The van der Waals surface area contributed by atoms with Crippen LogP contribution in [0, 0.1) is 5.82 Å². The van der Waals surface area contributed by atoms with Crippen molar-refractivity contribution >= 4 is 22.9 Å². The van der Waals surface area contributed by atoms with Gasteiger partial charge < -0.3 is 0 Å². The number of hydrazone groups is 1. The molecule has 0 aliphatic heterocycles. The molecule has 3 rings (SSSR count). The number of amides is 1. The zero-order valence-corrected chi connectivity index (χ0v) is 11.7. The van der Waals surface area contributed by atoms with Crippen molar-refractivity contribution < 1.29 is 9.18 Å². The Hall–Kier alpha value is -3.01. The lowest BCUT2D eigenvalue weighted by molar-refractivity contribution is 0.0954. The van der Waals surface area contributed by atoms with Crippen LogP contribution in [0.2, 0.25) is 0 Å². The Labute approximate surface area is 127 Å². The molecule has 0 spiro atoms. The number of benzene rings is 3. The summed E-state index contributed by atoms with van der Waals surface area (Å²) in [6.45, 7) is 0. The molecule has 0 aliphatic carbocycles. The second kappa shape index (κ2) is 6.18. The van der Waals surface area contributed by atoms with Crippen LogP contribution in [-0.4, -0.2) is 12.1 Å². The third-order valence-electron chi connectivity index (χ3n) is 3.28. The minimum Gasteiger partial charge on any atom is -0.267 e. The van der Waals surface area contributed by atoms with Crippen LogP contribution in [0.25, 0.3) is 10.8 Å². The van der Waals surface area contributed by atoms with Gasteiger partial charge in [-0.05, 0) is 29.0 Å². The molecule has 0 radical (unpaired) electrons. The molecule has 108 valence electrons. The molecular formula is C18H13FN2O. The van der Waals surface area contributed by atoms with Gasteiger partial charge in [-0.15, -0.1) is 0 Å². The summed E-state index contributed by atoms with van der Waals surface area (Å²) in [5.41, 5.74) is 3.54. The molecule has 1 N–H and O–H groups in total. The normalized spacial score (nSPS) is 11.0. The first kappa shape index (κ1) is 13.9. The highest BCUT2D eigenvalue weighted by Crippen LogP contribution is 2.16. The maximum atomic E-state index is 13.1.